The molecule has 0 aromatic heterocycles. The molecule has 0 fully saturated rings. The van der Waals surface area contributed by atoms with Gasteiger partial charge in [0.2, 0.25) is 0 Å². The van der Waals surface area contributed by atoms with Gasteiger partial charge in [-0.2, -0.15) is 0 Å². The lowest BCUT2D eigenvalue weighted by Gasteiger charge is -2.18. The molecule has 0 aliphatic heterocycles. The Kier molecular flexibility index (Phi) is 47.9. The van der Waals surface area contributed by atoms with Crippen LogP contribution in [0.1, 0.15) is 245 Å². The van der Waals surface area contributed by atoms with E-state index < -0.39 is 6.10 Å². The highest BCUT2D eigenvalue weighted by atomic mass is 16.6. The Bertz CT molecular complexity index is 1180. The Morgan fingerprint density at radius 1 is 0.339 bits per heavy atom. The van der Waals surface area contributed by atoms with Gasteiger partial charge >= 0.3 is 17.9 Å². The van der Waals surface area contributed by atoms with Crippen LogP contribution in [0.3, 0.4) is 0 Å². The van der Waals surface area contributed by atoms with Gasteiger partial charge in [0.1, 0.15) is 13.2 Å². The van der Waals surface area contributed by atoms with E-state index in [1.807, 2.05) is 0 Å². The zero-order valence-corrected chi connectivity index (χ0v) is 40.6. The van der Waals surface area contributed by atoms with Crippen LogP contribution in [0.25, 0.3) is 0 Å². The normalized spacial score (nSPS) is 12.6. The van der Waals surface area contributed by atoms with Crippen molar-refractivity contribution in [2.24, 2.45) is 0 Å². The molecule has 1 atom stereocenters. The predicted octanol–water partition coefficient (Wildman–Crippen LogP) is 17.0. The summed E-state index contributed by atoms with van der Waals surface area (Å²) in [7, 11) is 0. The lowest BCUT2D eigenvalue weighted by Crippen LogP contribution is -2.30. The van der Waals surface area contributed by atoms with Gasteiger partial charge in [-0.25, -0.2) is 0 Å². The molecule has 0 heterocycles. The van der Waals surface area contributed by atoms with Crippen molar-refractivity contribution < 1.29 is 28.6 Å². The van der Waals surface area contributed by atoms with E-state index in [4.69, 9.17) is 14.2 Å². The highest BCUT2D eigenvalue weighted by Crippen LogP contribution is 2.14. The number of rotatable bonds is 46. The topological polar surface area (TPSA) is 78.9 Å². The Hall–Kier alpha value is -3.15. The average Bonchev–Trinajstić information content (AvgIpc) is 3.27. The van der Waals surface area contributed by atoms with Crippen LogP contribution >= 0.6 is 0 Å². The van der Waals surface area contributed by atoms with E-state index in [1.165, 1.54) is 122 Å². The number of unbranched alkanes of at least 4 members (excludes halogenated alkanes) is 23. The molecule has 0 radical (unpaired) electrons. The van der Waals surface area contributed by atoms with Gasteiger partial charge < -0.3 is 14.2 Å². The number of carbonyl (C=O) groups is 3. The fourth-order valence-corrected chi connectivity index (χ4v) is 7.06. The molecular weight excluding hydrogens is 769 g/mol. The number of ether oxygens (including phenoxy) is 3. The van der Waals surface area contributed by atoms with E-state index in [-0.39, 0.29) is 37.5 Å². The SMILES string of the molecule is CC/C=C\C/C=C\C/C=C\C/C=C\C/C=C\CCCC(=O)O[C@H](COC(=O)CCCCCCCCC/C=C\CCCCCC)COC(=O)CCCCCCCCCCCCCC. The van der Waals surface area contributed by atoms with Crippen molar-refractivity contribution in [1.29, 1.82) is 0 Å². The minimum atomic E-state index is -0.804. The van der Waals surface area contributed by atoms with Gasteiger partial charge in [0.15, 0.2) is 6.10 Å². The number of carbonyl (C=O) groups excluding carboxylic acids is 3. The maximum absolute atomic E-state index is 12.8. The second kappa shape index (κ2) is 50.5. The molecule has 0 spiro atoms. The number of allylic oxidation sites excluding steroid dienone is 12. The van der Waals surface area contributed by atoms with Gasteiger partial charge in [0.25, 0.3) is 0 Å². The first-order valence-corrected chi connectivity index (χ1v) is 25.9. The molecule has 0 unspecified atom stereocenters. The summed E-state index contributed by atoms with van der Waals surface area (Å²) in [5.74, 6) is -0.959. The van der Waals surface area contributed by atoms with Gasteiger partial charge in [0, 0.05) is 19.3 Å². The van der Waals surface area contributed by atoms with Crippen LogP contribution in [0.2, 0.25) is 0 Å². The van der Waals surface area contributed by atoms with Crippen LogP contribution in [0.4, 0.5) is 0 Å². The smallest absolute Gasteiger partial charge is 0.306 e. The van der Waals surface area contributed by atoms with E-state index in [0.29, 0.717) is 19.3 Å². The summed E-state index contributed by atoms with van der Waals surface area (Å²) in [6.45, 7) is 6.46. The Balaban J connectivity index is 4.47. The van der Waals surface area contributed by atoms with Crippen LogP contribution in [-0.2, 0) is 28.6 Å². The van der Waals surface area contributed by atoms with E-state index in [0.717, 1.165) is 77.0 Å². The predicted molar refractivity (Wildman–Crippen MR) is 265 cm³/mol. The zero-order valence-electron chi connectivity index (χ0n) is 40.6. The maximum Gasteiger partial charge on any atom is 0.306 e. The average molecular weight is 865 g/mol. The number of hydrogen-bond donors (Lipinski definition) is 0. The highest BCUT2D eigenvalue weighted by molar-refractivity contribution is 5.71. The molecule has 0 N–H and O–H groups in total. The minimum absolute atomic E-state index is 0.0976. The van der Waals surface area contributed by atoms with Gasteiger partial charge in [-0.15, -0.1) is 0 Å². The third kappa shape index (κ3) is 47.9. The third-order valence-corrected chi connectivity index (χ3v) is 10.9. The highest BCUT2D eigenvalue weighted by Gasteiger charge is 2.19. The summed E-state index contributed by atoms with van der Waals surface area (Å²) in [6, 6.07) is 0. The van der Waals surface area contributed by atoms with Crippen molar-refractivity contribution in [3.63, 3.8) is 0 Å². The molecule has 0 saturated carbocycles. The van der Waals surface area contributed by atoms with Crippen LogP contribution in [0.15, 0.2) is 72.9 Å². The summed E-state index contributed by atoms with van der Waals surface area (Å²) in [4.78, 5) is 37.9. The quantitative estimate of drug-likeness (QED) is 0.0262. The van der Waals surface area contributed by atoms with E-state index in [2.05, 4.69) is 93.7 Å². The molecule has 356 valence electrons. The van der Waals surface area contributed by atoms with Crippen molar-refractivity contribution in [2.75, 3.05) is 13.2 Å². The fourth-order valence-electron chi connectivity index (χ4n) is 7.06. The molecule has 0 aromatic carbocycles. The van der Waals surface area contributed by atoms with Gasteiger partial charge in [-0.05, 0) is 83.5 Å². The van der Waals surface area contributed by atoms with E-state index >= 15 is 0 Å². The molecule has 6 nitrogen and oxygen atoms in total. The molecule has 0 aliphatic carbocycles. The first-order chi connectivity index (χ1) is 30.5. The van der Waals surface area contributed by atoms with Crippen molar-refractivity contribution in [3.8, 4) is 0 Å². The van der Waals surface area contributed by atoms with Crippen LogP contribution < -0.4 is 0 Å². The van der Waals surface area contributed by atoms with Gasteiger partial charge in [-0.3, -0.25) is 14.4 Å². The standard InChI is InChI=1S/C56H96O6/c1-4-7-10-13-16-19-22-25-27-28-30-32-35-38-41-44-47-50-56(59)62-53(51-60-54(57)48-45-42-39-36-33-24-21-18-15-12-9-6-3)52-61-55(58)49-46-43-40-37-34-31-29-26-23-20-17-14-11-8-5-2/h7,10,16,19-20,23,25,27,30,32,38,41,53H,4-6,8-9,11-15,17-18,21-22,24,26,28-29,31,33-37,39-40,42-52H2,1-3H3/b10-7-,19-16-,23-20-,27-25-,32-30-,41-38-/t53-/m0/s1. The first kappa shape index (κ1) is 58.9. The second-order valence-electron chi connectivity index (χ2n) is 17.1. The van der Waals surface area contributed by atoms with Gasteiger partial charge in [0.05, 0.1) is 0 Å². The summed E-state index contributed by atoms with van der Waals surface area (Å²) in [5, 5.41) is 0. The lowest BCUT2D eigenvalue weighted by molar-refractivity contribution is -0.167. The van der Waals surface area contributed by atoms with Crippen LogP contribution in [0.5, 0.6) is 0 Å². The number of esters is 3. The van der Waals surface area contributed by atoms with E-state index in [1.54, 1.807) is 0 Å². The van der Waals surface area contributed by atoms with Crippen molar-refractivity contribution >= 4 is 17.9 Å². The summed E-state index contributed by atoms with van der Waals surface area (Å²) >= 11 is 0. The fraction of sp³-hybridized carbons (Fsp3) is 0.732. The molecule has 0 bridgehead atoms. The monoisotopic (exact) mass is 865 g/mol. The van der Waals surface area contributed by atoms with Crippen LogP contribution in [0, 0.1) is 0 Å². The Labute approximate surface area is 382 Å². The molecule has 62 heavy (non-hydrogen) atoms. The molecule has 6 heteroatoms. The molecule has 0 saturated heterocycles. The summed E-state index contributed by atoms with van der Waals surface area (Å²) in [5.41, 5.74) is 0. The minimum Gasteiger partial charge on any atom is -0.462 e. The summed E-state index contributed by atoms with van der Waals surface area (Å²) < 4.78 is 16.7. The molecule has 0 rings (SSSR count). The maximum atomic E-state index is 12.8. The van der Waals surface area contributed by atoms with Gasteiger partial charge in [-0.1, -0.05) is 216 Å². The molecular formula is C56H96O6. The van der Waals surface area contributed by atoms with Crippen molar-refractivity contribution in [3.05, 3.63) is 72.9 Å². The number of hydrogen-bond acceptors (Lipinski definition) is 6. The van der Waals surface area contributed by atoms with Crippen molar-refractivity contribution in [1.82, 2.24) is 0 Å². The van der Waals surface area contributed by atoms with E-state index in [9.17, 15) is 14.4 Å². The Morgan fingerprint density at radius 3 is 1.06 bits per heavy atom. The largest absolute Gasteiger partial charge is 0.462 e. The first-order valence-electron chi connectivity index (χ1n) is 25.9. The lowest BCUT2D eigenvalue weighted by atomic mass is 10.0. The second-order valence-corrected chi connectivity index (χ2v) is 17.1. The molecule has 0 amide bonds. The molecule has 0 aliphatic rings. The van der Waals surface area contributed by atoms with Crippen molar-refractivity contribution in [2.45, 2.75) is 252 Å². The third-order valence-electron chi connectivity index (χ3n) is 10.9. The molecule has 0 aromatic rings. The zero-order chi connectivity index (χ0) is 45.1. The Morgan fingerprint density at radius 2 is 0.645 bits per heavy atom. The van der Waals surface area contributed by atoms with Crippen LogP contribution in [-0.4, -0.2) is 37.2 Å². The summed E-state index contributed by atoms with van der Waals surface area (Å²) in [6.07, 6.45) is 63.1.